The Balaban J connectivity index is 1.98. The van der Waals surface area contributed by atoms with E-state index in [1.165, 1.54) is 18.2 Å². The Morgan fingerprint density at radius 2 is 1.75 bits per heavy atom. The molecule has 0 amide bonds. The van der Waals surface area contributed by atoms with Gasteiger partial charge in [0.05, 0.1) is 21.2 Å². The van der Waals surface area contributed by atoms with Crippen LogP contribution in [0.4, 0.5) is 11.4 Å². The van der Waals surface area contributed by atoms with Gasteiger partial charge in [-0.15, -0.1) is 0 Å². The number of nitrogens with two attached hydrogens (primary N) is 1. The van der Waals surface area contributed by atoms with Crippen LogP contribution in [0.25, 0.3) is 6.08 Å². The van der Waals surface area contributed by atoms with Crippen molar-refractivity contribution in [2.24, 2.45) is 5.14 Å². The summed E-state index contributed by atoms with van der Waals surface area (Å²) >= 11 is 0. The number of sulfonamides is 2. The molecule has 0 bridgehead atoms. The van der Waals surface area contributed by atoms with E-state index in [9.17, 15) is 16.8 Å². The highest BCUT2D eigenvalue weighted by atomic mass is 32.2. The minimum absolute atomic E-state index is 0.153. The molecular formula is C19H23N3O4S2. The molecule has 0 radical (unpaired) electrons. The molecule has 0 spiro atoms. The highest BCUT2D eigenvalue weighted by molar-refractivity contribution is 7.96. The van der Waals surface area contributed by atoms with E-state index in [0.717, 1.165) is 17.5 Å². The van der Waals surface area contributed by atoms with Gasteiger partial charge < -0.3 is 5.32 Å². The lowest BCUT2D eigenvalue weighted by atomic mass is 9.98. The van der Waals surface area contributed by atoms with Crippen molar-refractivity contribution in [3.05, 3.63) is 58.5 Å². The van der Waals surface area contributed by atoms with Gasteiger partial charge in [0.15, 0.2) is 0 Å². The first-order valence-electron chi connectivity index (χ1n) is 8.93. The van der Waals surface area contributed by atoms with Crippen LogP contribution >= 0.6 is 0 Å². The zero-order valence-corrected chi connectivity index (χ0v) is 17.1. The number of primary sulfonamides is 1. The number of aryl methyl sites for hydroxylation is 1. The van der Waals surface area contributed by atoms with Gasteiger partial charge in [0.25, 0.3) is 10.0 Å². The second-order valence-corrected chi connectivity index (χ2v) is 9.89. The highest BCUT2D eigenvalue weighted by Gasteiger charge is 2.23. The van der Waals surface area contributed by atoms with Crippen molar-refractivity contribution in [2.75, 3.05) is 16.6 Å². The van der Waals surface area contributed by atoms with E-state index in [-0.39, 0.29) is 15.5 Å². The monoisotopic (exact) mass is 421 g/mol. The van der Waals surface area contributed by atoms with E-state index in [1.807, 2.05) is 31.2 Å². The Hall–Kier alpha value is -2.36. The molecule has 0 aliphatic heterocycles. The SMILES string of the molecule is CCCNc1ccc(S(N)(=O)=O)cc1NS(=O)(=O)C1=Cc2ccccc2CC1. The molecule has 1 aliphatic rings. The fourth-order valence-corrected chi connectivity index (χ4v) is 4.81. The van der Waals surface area contributed by atoms with E-state index >= 15 is 0 Å². The van der Waals surface area contributed by atoms with Crippen LogP contribution in [0, 0.1) is 0 Å². The minimum atomic E-state index is -3.96. The van der Waals surface area contributed by atoms with Crippen molar-refractivity contribution in [2.45, 2.75) is 31.1 Å². The van der Waals surface area contributed by atoms with Crippen molar-refractivity contribution >= 4 is 37.5 Å². The molecule has 2 aromatic carbocycles. The smallest absolute Gasteiger partial charge is 0.258 e. The maximum Gasteiger partial charge on any atom is 0.258 e. The molecule has 4 N–H and O–H groups in total. The normalized spacial score (nSPS) is 14.1. The predicted molar refractivity (Wildman–Crippen MR) is 112 cm³/mol. The van der Waals surface area contributed by atoms with Gasteiger partial charge in [0, 0.05) is 6.54 Å². The van der Waals surface area contributed by atoms with E-state index in [2.05, 4.69) is 10.0 Å². The van der Waals surface area contributed by atoms with Gasteiger partial charge in [0.1, 0.15) is 0 Å². The first-order valence-corrected chi connectivity index (χ1v) is 12.0. The van der Waals surface area contributed by atoms with E-state index in [4.69, 9.17) is 5.14 Å². The summed E-state index contributed by atoms with van der Waals surface area (Å²) in [6.45, 7) is 2.58. The van der Waals surface area contributed by atoms with Crippen LogP contribution in [0.3, 0.4) is 0 Å². The Kier molecular flexibility index (Phi) is 5.78. The summed E-state index contributed by atoms with van der Waals surface area (Å²) in [7, 11) is -7.81. The van der Waals surface area contributed by atoms with Crippen LogP contribution in [0.15, 0.2) is 52.3 Å². The van der Waals surface area contributed by atoms with Crippen LogP contribution in [-0.2, 0) is 26.5 Å². The number of fused-ring (bicyclic) bond motifs is 1. The third-order valence-electron chi connectivity index (χ3n) is 4.49. The molecule has 9 heteroatoms. The molecule has 0 unspecified atom stereocenters. The third-order valence-corrected chi connectivity index (χ3v) is 6.90. The maximum atomic E-state index is 13.0. The quantitative estimate of drug-likeness (QED) is 0.635. The average molecular weight is 422 g/mol. The first-order chi connectivity index (χ1) is 13.2. The summed E-state index contributed by atoms with van der Waals surface area (Å²) in [5.74, 6) is 0. The van der Waals surface area contributed by atoms with Gasteiger partial charge in [0.2, 0.25) is 10.0 Å². The molecule has 150 valence electrons. The molecule has 0 fully saturated rings. The molecule has 2 aromatic rings. The predicted octanol–water partition coefficient (Wildman–Crippen LogP) is 2.88. The number of anilines is 2. The molecule has 0 heterocycles. The van der Waals surface area contributed by atoms with Gasteiger partial charge in [-0.05, 0) is 54.7 Å². The average Bonchev–Trinajstić information content (AvgIpc) is 2.65. The van der Waals surface area contributed by atoms with Crippen LogP contribution in [0.2, 0.25) is 0 Å². The van der Waals surface area contributed by atoms with Gasteiger partial charge in [-0.1, -0.05) is 31.2 Å². The van der Waals surface area contributed by atoms with Crippen LogP contribution in [0.5, 0.6) is 0 Å². The molecule has 28 heavy (non-hydrogen) atoms. The van der Waals surface area contributed by atoms with E-state index in [0.29, 0.717) is 25.1 Å². The lowest BCUT2D eigenvalue weighted by molar-refractivity contribution is 0.597. The number of hydrogen-bond acceptors (Lipinski definition) is 5. The van der Waals surface area contributed by atoms with E-state index in [1.54, 1.807) is 6.08 Å². The number of rotatable bonds is 7. The molecule has 0 aromatic heterocycles. The fraction of sp³-hybridized carbons (Fsp3) is 0.263. The summed E-state index contributed by atoms with van der Waals surface area (Å²) < 4.78 is 51.8. The summed E-state index contributed by atoms with van der Waals surface area (Å²) in [6, 6.07) is 11.7. The second kappa shape index (κ2) is 7.94. The van der Waals surface area contributed by atoms with Crippen molar-refractivity contribution < 1.29 is 16.8 Å². The topological polar surface area (TPSA) is 118 Å². The Labute approximate surface area is 165 Å². The van der Waals surface area contributed by atoms with Crippen LogP contribution in [-0.4, -0.2) is 23.4 Å². The van der Waals surface area contributed by atoms with Gasteiger partial charge in [-0.3, -0.25) is 4.72 Å². The fourth-order valence-electron chi connectivity index (χ4n) is 3.03. The van der Waals surface area contributed by atoms with Crippen LogP contribution < -0.4 is 15.2 Å². The number of allylic oxidation sites excluding steroid dienone is 1. The molecular weight excluding hydrogens is 398 g/mol. The van der Waals surface area contributed by atoms with E-state index < -0.39 is 20.0 Å². The lowest BCUT2D eigenvalue weighted by Crippen LogP contribution is -2.19. The zero-order chi connectivity index (χ0) is 20.4. The number of hydrogen-bond donors (Lipinski definition) is 3. The first kappa shape index (κ1) is 20.4. The number of benzene rings is 2. The van der Waals surface area contributed by atoms with Crippen molar-refractivity contribution in [1.29, 1.82) is 0 Å². The molecule has 1 aliphatic carbocycles. The van der Waals surface area contributed by atoms with Crippen molar-refractivity contribution in [1.82, 2.24) is 0 Å². The largest absolute Gasteiger partial charge is 0.383 e. The van der Waals surface area contributed by atoms with Crippen molar-refractivity contribution in [3.8, 4) is 0 Å². The molecule has 7 nitrogen and oxygen atoms in total. The lowest BCUT2D eigenvalue weighted by Gasteiger charge is -2.19. The summed E-state index contributed by atoms with van der Waals surface area (Å²) in [4.78, 5) is 0.101. The van der Waals surface area contributed by atoms with Gasteiger partial charge in [-0.25, -0.2) is 22.0 Å². The van der Waals surface area contributed by atoms with Crippen molar-refractivity contribution in [3.63, 3.8) is 0 Å². The molecule has 3 rings (SSSR count). The minimum Gasteiger partial charge on any atom is -0.383 e. The number of nitrogens with one attached hydrogen (secondary N) is 2. The Bertz CT molecular complexity index is 1120. The molecule has 0 atom stereocenters. The summed E-state index contributed by atoms with van der Waals surface area (Å²) in [5.41, 5.74) is 2.62. The van der Waals surface area contributed by atoms with Gasteiger partial charge in [-0.2, -0.15) is 0 Å². The second-order valence-electron chi connectivity index (χ2n) is 6.59. The summed E-state index contributed by atoms with van der Waals surface area (Å²) in [5, 5.41) is 8.30. The standard InChI is InChI=1S/C19H23N3O4S2/c1-2-11-21-18-10-9-16(27(20,23)24)13-19(18)22-28(25,26)17-8-7-14-5-3-4-6-15(14)12-17/h3-6,9-10,12-13,21-22H,2,7-8,11H2,1H3,(H2,20,23,24). The maximum absolute atomic E-state index is 13.0. The summed E-state index contributed by atoms with van der Waals surface area (Å²) in [6.07, 6.45) is 3.48. The van der Waals surface area contributed by atoms with Crippen LogP contribution in [0.1, 0.15) is 30.9 Å². The highest BCUT2D eigenvalue weighted by Crippen LogP contribution is 2.31. The van der Waals surface area contributed by atoms with Gasteiger partial charge >= 0.3 is 0 Å². The third kappa shape index (κ3) is 4.54. The molecule has 0 saturated carbocycles. The zero-order valence-electron chi connectivity index (χ0n) is 15.5. The molecule has 0 saturated heterocycles. The Morgan fingerprint density at radius 1 is 1.00 bits per heavy atom. The Morgan fingerprint density at radius 3 is 2.46 bits per heavy atom.